The highest BCUT2D eigenvalue weighted by molar-refractivity contribution is 14.0. The molecule has 0 aliphatic carbocycles. The van der Waals surface area contributed by atoms with Gasteiger partial charge in [0.1, 0.15) is 18.5 Å². The third-order valence-electron chi connectivity index (χ3n) is 5.51. The van der Waals surface area contributed by atoms with Gasteiger partial charge in [0, 0.05) is 33.2 Å². The Morgan fingerprint density at radius 3 is 2.45 bits per heavy atom. The Morgan fingerprint density at radius 1 is 1.09 bits per heavy atom. The van der Waals surface area contributed by atoms with E-state index in [1.165, 1.54) is 18.5 Å². The number of aliphatic imine (C=N–C) groups is 1. The highest BCUT2D eigenvalue weighted by Crippen LogP contribution is 2.21. The van der Waals surface area contributed by atoms with Gasteiger partial charge in [-0.15, -0.1) is 24.0 Å². The van der Waals surface area contributed by atoms with E-state index in [0.717, 1.165) is 29.9 Å². The molecule has 8 nitrogen and oxygen atoms in total. The summed E-state index contributed by atoms with van der Waals surface area (Å²) in [6.45, 7) is 4.37. The fourth-order valence-electron chi connectivity index (χ4n) is 3.74. The van der Waals surface area contributed by atoms with Crippen molar-refractivity contribution in [2.75, 3.05) is 39.9 Å². The fraction of sp³-hybridized carbons (Fsp3) is 0.348. The molecule has 0 amide bonds. The molecule has 1 aliphatic rings. The van der Waals surface area contributed by atoms with Gasteiger partial charge in [0.05, 0.1) is 24.9 Å². The molecule has 2 heterocycles. The van der Waals surface area contributed by atoms with Crippen LogP contribution in [0, 0.1) is 5.82 Å². The minimum atomic E-state index is -0.227. The topological polar surface area (TPSA) is 79.6 Å². The number of nitrogens with one attached hydrogen (secondary N) is 2. The molecule has 0 radical (unpaired) electrons. The smallest absolute Gasteiger partial charge is 0.191 e. The van der Waals surface area contributed by atoms with Crippen LogP contribution < -0.4 is 10.6 Å². The Hall–Kier alpha value is -2.57. The number of halogens is 2. The summed E-state index contributed by atoms with van der Waals surface area (Å²) in [5, 5.41) is 10.9. The number of ether oxygens (including phenoxy) is 1. The average molecular weight is 565 g/mol. The number of benzene rings is 2. The number of guanidine groups is 1. The van der Waals surface area contributed by atoms with Crippen molar-refractivity contribution >= 4 is 29.9 Å². The fourth-order valence-corrected chi connectivity index (χ4v) is 3.74. The van der Waals surface area contributed by atoms with E-state index in [2.05, 4.69) is 30.6 Å². The number of rotatable bonds is 7. The van der Waals surface area contributed by atoms with Gasteiger partial charge < -0.3 is 15.4 Å². The molecule has 1 atom stereocenters. The zero-order valence-electron chi connectivity index (χ0n) is 18.5. The molecule has 33 heavy (non-hydrogen) atoms. The third kappa shape index (κ3) is 6.95. The number of morpholine rings is 1. The number of nitrogens with zero attached hydrogens (tertiary/aromatic N) is 5. The molecule has 0 saturated carbocycles. The van der Waals surface area contributed by atoms with Crippen molar-refractivity contribution in [3.05, 3.63) is 78.1 Å². The molecule has 2 aromatic carbocycles. The van der Waals surface area contributed by atoms with Gasteiger partial charge in [-0.25, -0.2) is 14.1 Å². The molecule has 1 fully saturated rings. The van der Waals surface area contributed by atoms with Gasteiger partial charge in [0.25, 0.3) is 0 Å². The van der Waals surface area contributed by atoms with E-state index in [0.29, 0.717) is 32.3 Å². The van der Waals surface area contributed by atoms with Gasteiger partial charge in [-0.3, -0.25) is 9.89 Å². The first-order valence-electron chi connectivity index (χ1n) is 10.7. The first-order chi connectivity index (χ1) is 15.7. The number of aromatic nitrogens is 3. The monoisotopic (exact) mass is 565 g/mol. The maximum atomic E-state index is 13.4. The van der Waals surface area contributed by atoms with Crippen molar-refractivity contribution in [1.29, 1.82) is 0 Å². The molecule has 0 bridgehead atoms. The lowest BCUT2D eigenvalue weighted by Crippen LogP contribution is -2.46. The van der Waals surface area contributed by atoms with Gasteiger partial charge in [0.15, 0.2) is 5.96 Å². The lowest BCUT2D eigenvalue weighted by Gasteiger charge is -2.35. The van der Waals surface area contributed by atoms with E-state index < -0.39 is 0 Å². The normalized spacial score (nSPS) is 15.5. The molecular weight excluding hydrogens is 536 g/mol. The van der Waals surface area contributed by atoms with Crippen LogP contribution >= 0.6 is 24.0 Å². The van der Waals surface area contributed by atoms with Crippen molar-refractivity contribution in [3.8, 4) is 5.69 Å². The molecule has 1 aliphatic heterocycles. The Bertz CT molecular complexity index is 991. The maximum Gasteiger partial charge on any atom is 0.191 e. The van der Waals surface area contributed by atoms with E-state index in [9.17, 15) is 4.39 Å². The average Bonchev–Trinajstić information content (AvgIpc) is 3.38. The molecule has 4 rings (SSSR count). The second-order valence-electron chi connectivity index (χ2n) is 7.53. The Balaban J connectivity index is 0.00000306. The summed E-state index contributed by atoms with van der Waals surface area (Å²) in [7, 11) is 1.75. The van der Waals surface area contributed by atoms with Gasteiger partial charge in [-0.2, -0.15) is 5.10 Å². The van der Waals surface area contributed by atoms with Crippen molar-refractivity contribution < 1.29 is 9.13 Å². The molecule has 2 N–H and O–H groups in total. The summed E-state index contributed by atoms with van der Waals surface area (Å²) in [4.78, 5) is 10.7. The Labute approximate surface area is 210 Å². The van der Waals surface area contributed by atoms with Crippen LogP contribution in [0.15, 0.2) is 66.2 Å². The van der Waals surface area contributed by atoms with Crippen molar-refractivity contribution in [2.24, 2.45) is 4.99 Å². The molecular formula is C23H29FIN7O. The largest absolute Gasteiger partial charge is 0.379 e. The standard InChI is InChI=1S/C23H28FN7O.HI/c1-25-23(27-14-18-2-8-21(9-3-18)31-17-26-16-29-31)28-15-22(30-10-12-32-13-11-30)19-4-6-20(24)7-5-19;/h2-9,16-17,22H,10-15H2,1H3,(H2,25,27,28);1H. The molecule has 176 valence electrons. The zero-order chi connectivity index (χ0) is 22.2. The van der Waals surface area contributed by atoms with Crippen LogP contribution in [-0.2, 0) is 11.3 Å². The number of hydrogen-bond acceptors (Lipinski definition) is 5. The van der Waals surface area contributed by atoms with E-state index in [1.54, 1.807) is 18.1 Å². The van der Waals surface area contributed by atoms with E-state index in [4.69, 9.17) is 4.74 Å². The maximum absolute atomic E-state index is 13.4. The van der Waals surface area contributed by atoms with Crippen LogP contribution in [0.3, 0.4) is 0 Å². The quantitative estimate of drug-likeness (QED) is 0.261. The lowest BCUT2D eigenvalue weighted by atomic mass is 10.0. The summed E-state index contributed by atoms with van der Waals surface area (Å²) in [5.41, 5.74) is 3.15. The highest BCUT2D eigenvalue weighted by atomic mass is 127. The van der Waals surface area contributed by atoms with Gasteiger partial charge >= 0.3 is 0 Å². The molecule has 3 aromatic rings. The van der Waals surface area contributed by atoms with Crippen LogP contribution in [-0.4, -0.2) is 65.5 Å². The Kier molecular flexibility index (Phi) is 9.58. The van der Waals surface area contributed by atoms with Crippen LogP contribution in [0.25, 0.3) is 5.69 Å². The third-order valence-corrected chi connectivity index (χ3v) is 5.51. The minimum absolute atomic E-state index is 0. The first kappa shape index (κ1) is 25.1. The summed E-state index contributed by atoms with van der Waals surface area (Å²) in [6.07, 6.45) is 3.19. The molecule has 1 aromatic heterocycles. The Morgan fingerprint density at radius 2 is 1.82 bits per heavy atom. The van der Waals surface area contributed by atoms with Crippen LogP contribution in [0.2, 0.25) is 0 Å². The predicted octanol–water partition coefficient (Wildman–Crippen LogP) is 2.76. The molecule has 10 heteroatoms. The zero-order valence-corrected chi connectivity index (χ0v) is 20.9. The second kappa shape index (κ2) is 12.6. The van der Waals surface area contributed by atoms with Gasteiger partial charge in [-0.1, -0.05) is 24.3 Å². The SMILES string of the molecule is CN=C(NCc1ccc(-n2cncn2)cc1)NCC(c1ccc(F)cc1)N1CCOCC1.I. The lowest BCUT2D eigenvalue weighted by molar-refractivity contribution is 0.0170. The summed E-state index contributed by atoms with van der Waals surface area (Å²) < 4.78 is 20.7. The summed E-state index contributed by atoms with van der Waals surface area (Å²) in [5.74, 6) is 0.487. The van der Waals surface area contributed by atoms with Crippen molar-refractivity contribution in [1.82, 2.24) is 30.3 Å². The molecule has 1 unspecified atom stereocenters. The van der Waals surface area contributed by atoms with E-state index in [-0.39, 0.29) is 35.8 Å². The van der Waals surface area contributed by atoms with Crippen molar-refractivity contribution in [3.63, 3.8) is 0 Å². The van der Waals surface area contributed by atoms with Crippen molar-refractivity contribution in [2.45, 2.75) is 12.6 Å². The highest BCUT2D eigenvalue weighted by Gasteiger charge is 2.23. The van der Waals surface area contributed by atoms with Crippen LogP contribution in [0.4, 0.5) is 4.39 Å². The van der Waals surface area contributed by atoms with Gasteiger partial charge in [-0.05, 0) is 35.4 Å². The summed E-state index contributed by atoms with van der Waals surface area (Å²) >= 11 is 0. The van der Waals surface area contributed by atoms with E-state index >= 15 is 0 Å². The molecule has 1 saturated heterocycles. The van der Waals surface area contributed by atoms with Crippen LogP contribution in [0.5, 0.6) is 0 Å². The predicted molar refractivity (Wildman–Crippen MR) is 137 cm³/mol. The molecule has 0 spiro atoms. The number of hydrogen-bond donors (Lipinski definition) is 2. The first-order valence-corrected chi connectivity index (χ1v) is 10.7. The van der Waals surface area contributed by atoms with E-state index in [1.807, 2.05) is 36.4 Å². The van der Waals surface area contributed by atoms with Crippen LogP contribution in [0.1, 0.15) is 17.2 Å². The summed E-state index contributed by atoms with van der Waals surface area (Å²) in [6, 6.07) is 14.9. The second-order valence-corrected chi connectivity index (χ2v) is 7.53. The van der Waals surface area contributed by atoms with Gasteiger partial charge in [0.2, 0.25) is 0 Å². The minimum Gasteiger partial charge on any atom is -0.379 e.